The Kier molecular flexibility index (Phi) is 11.7. The summed E-state index contributed by atoms with van der Waals surface area (Å²) < 4.78 is 30.4. The van der Waals surface area contributed by atoms with Crippen LogP contribution in [-0.2, 0) is 25.6 Å². The highest BCUT2D eigenvalue weighted by molar-refractivity contribution is 5.99. The van der Waals surface area contributed by atoms with Gasteiger partial charge in [0.05, 0.1) is 17.8 Å². The van der Waals surface area contributed by atoms with E-state index < -0.39 is 47.6 Å². The van der Waals surface area contributed by atoms with Gasteiger partial charge in [-0.25, -0.2) is 13.5 Å². The van der Waals surface area contributed by atoms with Gasteiger partial charge in [0.15, 0.2) is 0 Å². The van der Waals surface area contributed by atoms with E-state index in [2.05, 4.69) is 10.6 Å². The van der Waals surface area contributed by atoms with Gasteiger partial charge in [-0.3, -0.25) is 19.2 Å². The number of hydrogen-bond donors (Lipinski definition) is 4. The van der Waals surface area contributed by atoms with Gasteiger partial charge in [0.25, 0.3) is 0 Å². The van der Waals surface area contributed by atoms with E-state index in [4.69, 9.17) is 10.8 Å². The molecule has 2 heterocycles. The summed E-state index contributed by atoms with van der Waals surface area (Å²) in [5.41, 5.74) is 7.42. The second-order valence-electron chi connectivity index (χ2n) is 12.9. The maximum absolute atomic E-state index is 14.9. The lowest BCUT2D eigenvalue weighted by atomic mass is 9.81. The normalized spacial score (nSPS) is 15.5. The monoisotopic (exact) mass is 667 g/mol. The van der Waals surface area contributed by atoms with Crippen LogP contribution in [0.5, 0.6) is 0 Å². The Hall–Kier alpha value is -4.69. The van der Waals surface area contributed by atoms with Crippen molar-refractivity contribution in [1.82, 2.24) is 30.2 Å². The first-order chi connectivity index (χ1) is 22.7. The Morgan fingerprint density at radius 1 is 1.08 bits per heavy atom. The number of rotatable bonds is 15. The maximum atomic E-state index is 14.9. The molecule has 0 radical (unpaired) electrons. The molecule has 14 heteroatoms. The number of amides is 4. The summed E-state index contributed by atoms with van der Waals surface area (Å²) in [5.74, 6) is -2.89. The first-order valence-corrected chi connectivity index (χ1v) is 15.8. The molecule has 0 spiro atoms. The molecule has 4 rings (SSSR count). The first-order valence-electron chi connectivity index (χ1n) is 15.8. The van der Waals surface area contributed by atoms with Crippen molar-refractivity contribution in [1.29, 1.82) is 0 Å². The van der Waals surface area contributed by atoms with E-state index in [-0.39, 0.29) is 56.1 Å². The fourth-order valence-electron chi connectivity index (χ4n) is 5.58. The molecule has 3 aromatic rings. The molecular formula is C34H43F2N7O5. The highest BCUT2D eigenvalue weighted by Crippen LogP contribution is 2.40. The third kappa shape index (κ3) is 9.01. The van der Waals surface area contributed by atoms with E-state index >= 15 is 0 Å². The fraction of sp³-hybridized carbons (Fsp3) is 0.441. The van der Waals surface area contributed by atoms with Crippen molar-refractivity contribution in [2.45, 2.75) is 58.7 Å². The number of carbonyl (C=O) groups is 4. The molecule has 258 valence electrons. The summed E-state index contributed by atoms with van der Waals surface area (Å²) in [7, 11) is 0. The Balaban J connectivity index is 1.53. The van der Waals surface area contributed by atoms with Crippen molar-refractivity contribution in [3.63, 3.8) is 0 Å². The highest BCUT2D eigenvalue weighted by Gasteiger charge is 2.42. The van der Waals surface area contributed by atoms with Crippen molar-refractivity contribution in [2.24, 2.45) is 11.1 Å². The molecule has 5 N–H and O–H groups in total. The molecule has 0 bridgehead atoms. The summed E-state index contributed by atoms with van der Waals surface area (Å²) in [6, 6.07) is 10.5. The summed E-state index contributed by atoms with van der Waals surface area (Å²) in [6.07, 6.45) is 2.00. The van der Waals surface area contributed by atoms with Crippen LogP contribution < -0.4 is 16.4 Å². The van der Waals surface area contributed by atoms with Crippen molar-refractivity contribution in [3.8, 4) is 5.69 Å². The lowest BCUT2D eigenvalue weighted by Crippen LogP contribution is -2.48. The zero-order valence-electron chi connectivity index (χ0n) is 27.6. The van der Waals surface area contributed by atoms with E-state index in [1.807, 2.05) is 51.1 Å². The van der Waals surface area contributed by atoms with Crippen molar-refractivity contribution < 1.29 is 33.1 Å². The minimum Gasteiger partial charge on any atom is -0.387 e. The average molecular weight is 668 g/mol. The van der Waals surface area contributed by atoms with E-state index in [9.17, 15) is 33.1 Å². The number of aromatic nitrogens is 2. The minimum atomic E-state index is -1.03. The van der Waals surface area contributed by atoms with Gasteiger partial charge < -0.3 is 31.3 Å². The summed E-state index contributed by atoms with van der Waals surface area (Å²) >= 11 is 0. The summed E-state index contributed by atoms with van der Waals surface area (Å²) in [4.78, 5) is 52.3. The molecule has 1 aliphatic rings. The van der Waals surface area contributed by atoms with Crippen LogP contribution >= 0.6 is 0 Å². The molecular weight excluding hydrogens is 624 g/mol. The standard InChI is InChI=1S/C34H43F2N7O5/c1-21-33(48)42(21)19-28(45)38-13-14-39-32(47)26(37)12-15-41(29(46)20-44)31(34(2,3)4)30-23(16-22-8-6-5-7-9-22)18-43(40-30)27-17-24(35)10-11-25(27)36/h5-11,17-18,21,26,31,44H,12-16,19-20,37H2,1-4H3,(H,38,45)(H,39,47)/t21?,26-,31-,42?/m0/s1. The second-order valence-corrected chi connectivity index (χ2v) is 12.9. The summed E-state index contributed by atoms with van der Waals surface area (Å²) in [5, 5.41) is 20.0. The molecule has 1 saturated heterocycles. The first kappa shape index (κ1) is 36.2. The SMILES string of the molecule is CC1C(=O)N1CC(=O)NCCNC(=O)[C@@H](N)CCN(C(=O)CO)[C@@H](c1nn(-c2cc(F)ccc2F)cc1Cc1ccccc1)C(C)(C)C. The third-order valence-corrected chi connectivity index (χ3v) is 8.18. The molecule has 1 aromatic heterocycles. The molecule has 1 aliphatic heterocycles. The van der Waals surface area contributed by atoms with Crippen LogP contribution in [0.2, 0.25) is 0 Å². The Bertz CT molecular complexity index is 1630. The fourth-order valence-corrected chi connectivity index (χ4v) is 5.58. The molecule has 1 fully saturated rings. The largest absolute Gasteiger partial charge is 0.387 e. The van der Waals surface area contributed by atoms with Crippen LogP contribution in [0, 0.1) is 17.0 Å². The maximum Gasteiger partial charge on any atom is 0.248 e. The third-order valence-electron chi connectivity index (χ3n) is 8.18. The van der Waals surface area contributed by atoms with Crippen LogP contribution in [0.15, 0.2) is 54.7 Å². The van der Waals surface area contributed by atoms with E-state index in [1.165, 1.54) is 14.5 Å². The number of hydrogen-bond acceptors (Lipinski definition) is 7. The number of benzene rings is 2. The number of aliphatic hydroxyl groups excluding tert-OH is 1. The van der Waals surface area contributed by atoms with Gasteiger partial charge in [0.1, 0.15) is 36.5 Å². The van der Waals surface area contributed by atoms with Gasteiger partial charge >= 0.3 is 0 Å². The molecule has 48 heavy (non-hydrogen) atoms. The van der Waals surface area contributed by atoms with Crippen LogP contribution in [0.4, 0.5) is 8.78 Å². The molecule has 0 aliphatic carbocycles. The van der Waals surface area contributed by atoms with Crippen LogP contribution in [0.1, 0.15) is 57.0 Å². The van der Waals surface area contributed by atoms with Gasteiger partial charge in [0, 0.05) is 43.9 Å². The van der Waals surface area contributed by atoms with Crippen molar-refractivity contribution in [2.75, 3.05) is 32.8 Å². The molecule has 4 amide bonds. The van der Waals surface area contributed by atoms with Crippen LogP contribution in [-0.4, -0.2) is 93.2 Å². The number of nitrogens with two attached hydrogens (primary N) is 1. The zero-order valence-corrected chi connectivity index (χ0v) is 27.6. The van der Waals surface area contributed by atoms with Crippen molar-refractivity contribution >= 4 is 23.6 Å². The Morgan fingerprint density at radius 3 is 2.38 bits per heavy atom. The Morgan fingerprint density at radius 2 is 1.75 bits per heavy atom. The predicted octanol–water partition coefficient (Wildman–Crippen LogP) is 1.83. The number of halogens is 2. The molecule has 1 unspecified atom stereocenters. The zero-order chi connectivity index (χ0) is 35.2. The van der Waals surface area contributed by atoms with Gasteiger partial charge in [-0.2, -0.15) is 5.10 Å². The molecule has 12 nitrogen and oxygen atoms in total. The van der Waals surface area contributed by atoms with Gasteiger partial charge in [-0.05, 0) is 36.5 Å². The molecule has 3 atom stereocenters. The number of nitrogens with one attached hydrogen (secondary N) is 2. The Labute approximate surface area is 278 Å². The quantitative estimate of drug-likeness (QED) is 0.142. The number of aliphatic hydroxyl groups is 1. The second kappa shape index (κ2) is 15.5. The number of carbonyl (C=O) groups excluding carboxylic acids is 4. The topological polar surface area (TPSA) is 163 Å². The van der Waals surface area contributed by atoms with E-state index in [1.54, 1.807) is 13.1 Å². The highest BCUT2D eigenvalue weighted by atomic mass is 19.1. The molecule has 0 saturated carbocycles. The number of nitrogens with zero attached hydrogens (tertiary/aromatic N) is 4. The van der Waals surface area contributed by atoms with Gasteiger partial charge in [0.2, 0.25) is 23.6 Å². The van der Waals surface area contributed by atoms with Gasteiger partial charge in [-0.15, -0.1) is 0 Å². The van der Waals surface area contributed by atoms with Crippen molar-refractivity contribution in [3.05, 3.63) is 83.2 Å². The molecule has 2 aromatic carbocycles. The van der Waals surface area contributed by atoms with Crippen LogP contribution in [0.3, 0.4) is 0 Å². The smallest absolute Gasteiger partial charge is 0.248 e. The van der Waals surface area contributed by atoms with E-state index in [0.29, 0.717) is 17.7 Å². The van der Waals surface area contributed by atoms with Gasteiger partial charge in [-0.1, -0.05) is 51.1 Å². The minimum absolute atomic E-state index is 0.0265. The lowest BCUT2D eigenvalue weighted by Gasteiger charge is -2.40. The van der Waals surface area contributed by atoms with E-state index in [0.717, 1.165) is 23.8 Å². The average Bonchev–Trinajstić information content (AvgIpc) is 3.39. The lowest BCUT2D eigenvalue weighted by molar-refractivity contribution is -0.140. The summed E-state index contributed by atoms with van der Waals surface area (Å²) in [6.45, 7) is 6.73. The van der Waals surface area contributed by atoms with Crippen LogP contribution in [0.25, 0.3) is 5.69 Å². The predicted molar refractivity (Wildman–Crippen MR) is 174 cm³/mol.